The Kier molecular flexibility index (Phi) is 5.33. The van der Waals surface area contributed by atoms with E-state index in [1.165, 1.54) is 34.1 Å². The van der Waals surface area contributed by atoms with Crippen molar-refractivity contribution in [3.8, 4) is 0 Å². The highest BCUT2D eigenvalue weighted by atomic mass is 79.9. The molecule has 2 heterocycles. The molecule has 1 atom stereocenters. The molecule has 1 aliphatic heterocycles. The van der Waals surface area contributed by atoms with Gasteiger partial charge in [-0.2, -0.15) is 0 Å². The van der Waals surface area contributed by atoms with Crippen LogP contribution in [0.15, 0.2) is 46.9 Å². The van der Waals surface area contributed by atoms with Gasteiger partial charge in [0.1, 0.15) is 0 Å². The van der Waals surface area contributed by atoms with Crippen LogP contribution in [0.1, 0.15) is 63.4 Å². The zero-order valence-corrected chi connectivity index (χ0v) is 20.3. The number of aromatic amines is 1. The lowest BCUT2D eigenvalue weighted by Crippen LogP contribution is -2.41. The molecule has 0 saturated carbocycles. The SMILES string of the molecule is CC1(C)OB(c2ccc(CNC3CCCc4c3[nH]c3ccc(Br)cc43)cc2)OC1(C)C. The number of aryl methyl sites for hydroxylation is 1. The van der Waals surface area contributed by atoms with Crippen LogP contribution in [-0.4, -0.2) is 23.3 Å². The Morgan fingerprint density at radius 3 is 2.48 bits per heavy atom. The van der Waals surface area contributed by atoms with E-state index in [0.29, 0.717) is 6.04 Å². The van der Waals surface area contributed by atoms with Crippen LogP contribution in [0, 0.1) is 0 Å². The summed E-state index contributed by atoms with van der Waals surface area (Å²) in [5.41, 5.74) is 5.77. The van der Waals surface area contributed by atoms with E-state index in [9.17, 15) is 0 Å². The molecule has 1 aromatic heterocycles. The first kappa shape index (κ1) is 21.3. The first-order valence-corrected chi connectivity index (χ1v) is 12.0. The van der Waals surface area contributed by atoms with Crippen molar-refractivity contribution in [2.75, 3.05) is 0 Å². The van der Waals surface area contributed by atoms with Crippen molar-refractivity contribution in [2.45, 2.75) is 70.7 Å². The number of H-pyrrole nitrogens is 1. The summed E-state index contributed by atoms with van der Waals surface area (Å²) in [7, 11) is -0.307. The lowest BCUT2D eigenvalue weighted by Gasteiger charge is -2.32. The number of rotatable bonds is 4. The molecule has 6 heteroatoms. The molecular weight excluding hydrogens is 451 g/mol. The predicted molar refractivity (Wildman–Crippen MR) is 131 cm³/mol. The molecule has 3 aromatic rings. The third-order valence-electron chi connectivity index (χ3n) is 7.23. The second-order valence-corrected chi connectivity index (χ2v) is 10.8. The van der Waals surface area contributed by atoms with Crippen LogP contribution in [-0.2, 0) is 22.3 Å². The Labute approximate surface area is 193 Å². The van der Waals surface area contributed by atoms with Gasteiger partial charge in [-0.25, -0.2) is 0 Å². The van der Waals surface area contributed by atoms with Crippen LogP contribution in [0.3, 0.4) is 0 Å². The standard InChI is InChI=1S/C25H30BBrN2O2/c1-24(2)25(3,4)31-26(30-24)17-10-8-16(9-11-17)15-28-22-7-5-6-19-20-14-18(27)12-13-21(20)29-23(19)22/h8-14,22,28-29H,5-7,15H2,1-4H3. The van der Waals surface area contributed by atoms with Gasteiger partial charge in [0.2, 0.25) is 0 Å². The Hall–Kier alpha value is -1.60. The fraction of sp³-hybridized carbons (Fsp3) is 0.440. The topological polar surface area (TPSA) is 46.3 Å². The molecule has 2 aromatic carbocycles. The number of aromatic nitrogens is 1. The number of hydrogen-bond acceptors (Lipinski definition) is 3. The van der Waals surface area contributed by atoms with Gasteiger partial charge in [-0.05, 0) is 81.7 Å². The molecule has 4 nitrogen and oxygen atoms in total. The first-order valence-electron chi connectivity index (χ1n) is 11.2. The Bertz CT molecular complexity index is 1090. The fourth-order valence-electron chi connectivity index (χ4n) is 4.65. The van der Waals surface area contributed by atoms with E-state index in [2.05, 4.69) is 96.4 Å². The molecule has 0 spiro atoms. The molecule has 1 fully saturated rings. The average molecular weight is 481 g/mol. The lowest BCUT2D eigenvalue weighted by molar-refractivity contribution is 0.00578. The zero-order chi connectivity index (χ0) is 21.8. The molecule has 1 saturated heterocycles. The fourth-order valence-corrected chi connectivity index (χ4v) is 5.01. The summed E-state index contributed by atoms with van der Waals surface area (Å²) in [6.45, 7) is 9.20. The van der Waals surface area contributed by atoms with Crippen LogP contribution >= 0.6 is 15.9 Å². The van der Waals surface area contributed by atoms with Gasteiger partial charge in [-0.15, -0.1) is 0 Å². The predicted octanol–water partition coefficient (Wildman–Crippen LogP) is 5.40. The lowest BCUT2D eigenvalue weighted by atomic mass is 9.79. The number of nitrogens with one attached hydrogen (secondary N) is 2. The monoisotopic (exact) mass is 480 g/mol. The van der Waals surface area contributed by atoms with E-state index in [0.717, 1.165) is 29.3 Å². The zero-order valence-electron chi connectivity index (χ0n) is 18.7. The summed E-state index contributed by atoms with van der Waals surface area (Å²) in [6.07, 6.45) is 3.52. The Balaban J connectivity index is 1.28. The van der Waals surface area contributed by atoms with Gasteiger partial charge in [-0.1, -0.05) is 40.2 Å². The molecule has 1 aliphatic carbocycles. The first-order chi connectivity index (χ1) is 14.7. The second kappa shape index (κ2) is 7.77. The number of fused-ring (bicyclic) bond motifs is 3. The van der Waals surface area contributed by atoms with Crippen molar-refractivity contribution >= 4 is 39.4 Å². The third kappa shape index (κ3) is 3.88. The van der Waals surface area contributed by atoms with Crippen LogP contribution in [0.4, 0.5) is 0 Å². The second-order valence-electron chi connectivity index (χ2n) is 9.86. The van der Waals surface area contributed by atoms with Crippen LogP contribution < -0.4 is 10.8 Å². The smallest absolute Gasteiger partial charge is 0.399 e. The molecule has 0 radical (unpaired) electrons. The van der Waals surface area contributed by atoms with Crippen LogP contribution in [0.2, 0.25) is 0 Å². The van der Waals surface area contributed by atoms with E-state index < -0.39 is 0 Å². The maximum absolute atomic E-state index is 6.18. The molecule has 1 unspecified atom stereocenters. The van der Waals surface area contributed by atoms with Crippen molar-refractivity contribution in [3.05, 3.63) is 63.8 Å². The minimum atomic E-state index is -0.314. The van der Waals surface area contributed by atoms with E-state index in [-0.39, 0.29) is 18.3 Å². The summed E-state index contributed by atoms with van der Waals surface area (Å²) >= 11 is 3.62. The Morgan fingerprint density at radius 1 is 1.06 bits per heavy atom. The highest BCUT2D eigenvalue weighted by Gasteiger charge is 2.51. The summed E-state index contributed by atoms with van der Waals surface area (Å²) in [6, 6.07) is 15.5. The van der Waals surface area contributed by atoms with Gasteiger partial charge in [0.05, 0.1) is 11.2 Å². The van der Waals surface area contributed by atoms with Gasteiger partial charge in [0.25, 0.3) is 0 Å². The molecule has 2 aliphatic rings. The summed E-state index contributed by atoms with van der Waals surface area (Å²) < 4.78 is 13.5. The van der Waals surface area contributed by atoms with Gasteiger partial charge < -0.3 is 19.6 Å². The van der Waals surface area contributed by atoms with E-state index >= 15 is 0 Å². The van der Waals surface area contributed by atoms with E-state index in [4.69, 9.17) is 9.31 Å². The molecule has 31 heavy (non-hydrogen) atoms. The molecule has 2 N–H and O–H groups in total. The van der Waals surface area contributed by atoms with Gasteiger partial charge in [-0.3, -0.25) is 0 Å². The van der Waals surface area contributed by atoms with E-state index in [1.54, 1.807) is 0 Å². The normalized spacial score (nSPS) is 22.1. The largest absolute Gasteiger partial charge is 0.494 e. The molecule has 0 amide bonds. The number of halogens is 1. The minimum Gasteiger partial charge on any atom is -0.399 e. The van der Waals surface area contributed by atoms with Crippen LogP contribution in [0.5, 0.6) is 0 Å². The minimum absolute atomic E-state index is 0.307. The third-order valence-corrected chi connectivity index (χ3v) is 7.72. The van der Waals surface area contributed by atoms with Crippen molar-refractivity contribution in [1.29, 1.82) is 0 Å². The summed E-state index contributed by atoms with van der Waals surface area (Å²) in [5.74, 6) is 0. The Morgan fingerprint density at radius 2 is 1.77 bits per heavy atom. The van der Waals surface area contributed by atoms with Gasteiger partial charge in [0.15, 0.2) is 0 Å². The molecular formula is C25H30BBrN2O2. The molecule has 162 valence electrons. The molecule has 5 rings (SSSR count). The highest BCUT2D eigenvalue weighted by molar-refractivity contribution is 9.10. The van der Waals surface area contributed by atoms with Crippen molar-refractivity contribution in [3.63, 3.8) is 0 Å². The maximum Gasteiger partial charge on any atom is 0.494 e. The maximum atomic E-state index is 6.18. The average Bonchev–Trinajstić information content (AvgIpc) is 3.20. The van der Waals surface area contributed by atoms with Gasteiger partial charge in [0, 0.05) is 33.7 Å². The number of hydrogen-bond donors (Lipinski definition) is 2. The van der Waals surface area contributed by atoms with Crippen molar-refractivity contribution in [1.82, 2.24) is 10.3 Å². The van der Waals surface area contributed by atoms with E-state index in [1.807, 2.05) is 0 Å². The highest BCUT2D eigenvalue weighted by Crippen LogP contribution is 2.37. The van der Waals surface area contributed by atoms with Crippen molar-refractivity contribution in [2.24, 2.45) is 0 Å². The number of benzene rings is 2. The summed E-state index contributed by atoms with van der Waals surface area (Å²) in [4.78, 5) is 3.67. The van der Waals surface area contributed by atoms with Gasteiger partial charge >= 0.3 is 7.12 Å². The summed E-state index contributed by atoms with van der Waals surface area (Å²) in [5, 5.41) is 5.13. The van der Waals surface area contributed by atoms with Crippen molar-refractivity contribution < 1.29 is 9.31 Å². The quantitative estimate of drug-likeness (QED) is 0.491. The van der Waals surface area contributed by atoms with Crippen LogP contribution in [0.25, 0.3) is 10.9 Å². The molecule has 0 bridgehead atoms.